The van der Waals surface area contributed by atoms with Crippen LogP contribution in [0, 0.1) is 5.92 Å². The second-order valence-electron chi connectivity index (χ2n) is 5.11. The summed E-state index contributed by atoms with van der Waals surface area (Å²) in [5.41, 5.74) is 2.56. The molecule has 0 amide bonds. The zero-order valence-electron chi connectivity index (χ0n) is 10.3. The third-order valence-corrected chi connectivity index (χ3v) is 3.61. The van der Waals surface area contributed by atoms with Gasteiger partial charge in [-0.05, 0) is 42.2 Å². The third-order valence-electron chi connectivity index (χ3n) is 3.61. The van der Waals surface area contributed by atoms with E-state index in [2.05, 4.69) is 32.0 Å². The molecule has 0 radical (unpaired) electrons. The first-order valence-electron chi connectivity index (χ1n) is 6.51. The molecule has 16 heavy (non-hydrogen) atoms. The van der Waals surface area contributed by atoms with Crippen molar-refractivity contribution in [1.29, 1.82) is 0 Å². The minimum absolute atomic E-state index is 0.281. The molecule has 1 heteroatoms. The van der Waals surface area contributed by atoms with Gasteiger partial charge in [-0.2, -0.15) is 0 Å². The average molecular weight is 218 g/mol. The fourth-order valence-corrected chi connectivity index (χ4v) is 2.47. The predicted octanol–water partition coefficient (Wildman–Crippen LogP) is 4.03. The standard InChI is InChI=1S/C15H22O/c1-3-6-11(2)15(16)14-8-5-4-7-13(14)12-9-10-12/h4-5,7-8,11-12,15-16H,3,6,9-10H2,1-2H3. The Kier molecular flexibility index (Phi) is 3.65. The van der Waals surface area contributed by atoms with Crippen molar-refractivity contribution in [2.75, 3.05) is 0 Å². The van der Waals surface area contributed by atoms with Crippen molar-refractivity contribution < 1.29 is 5.11 Å². The fourth-order valence-electron chi connectivity index (χ4n) is 2.47. The van der Waals surface area contributed by atoms with Crippen molar-refractivity contribution in [1.82, 2.24) is 0 Å². The second-order valence-corrected chi connectivity index (χ2v) is 5.11. The summed E-state index contributed by atoms with van der Waals surface area (Å²) >= 11 is 0. The lowest BCUT2D eigenvalue weighted by Gasteiger charge is -2.21. The van der Waals surface area contributed by atoms with Crippen LogP contribution in [-0.4, -0.2) is 5.11 Å². The smallest absolute Gasteiger partial charge is 0.0818 e. The Morgan fingerprint density at radius 3 is 2.62 bits per heavy atom. The van der Waals surface area contributed by atoms with Gasteiger partial charge in [0.2, 0.25) is 0 Å². The Hall–Kier alpha value is -0.820. The highest BCUT2D eigenvalue weighted by atomic mass is 16.3. The molecule has 0 aliphatic heterocycles. The molecule has 0 heterocycles. The van der Waals surface area contributed by atoms with Gasteiger partial charge in [-0.1, -0.05) is 44.5 Å². The first-order valence-corrected chi connectivity index (χ1v) is 6.51. The van der Waals surface area contributed by atoms with Crippen LogP contribution in [-0.2, 0) is 0 Å². The van der Waals surface area contributed by atoms with Crippen molar-refractivity contribution in [2.24, 2.45) is 5.92 Å². The maximum atomic E-state index is 10.4. The number of aliphatic hydroxyl groups is 1. The number of rotatable bonds is 5. The van der Waals surface area contributed by atoms with Crippen LogP contribution in [0.15, 0.2) is 24.3 Å². The highest BCUT2D eigenvalue weighted by Crippen LogP contribution is 2.44. The van der Waals surface area contributed by atoms with Gasteiger partial charge >= 0.3 is 0 Å². The summed E-state index contributed by atoms with van der Waals surface area (Å²) in [5, 5.41) is 10.4. The molecule has 2 rings (SSSR count). The number of benzene rings is 1. The van der Waals surface area contributed by atoms with Gasteiger partial charge < -0.3 is 5.11 Å². The van der Waals surface area contributed by atoms with Crippen LogP contribution >= 0.6 is 0 Å². The molecule has 1 nitrogen and oxygen atoms in total. The molecule has 0 spiro atoms. The van der Waals surface area contributed by atoms with E-state index >= 15 is 0 Å². The molecular weight excluding hydrogens is 196 g/mol. The Morgan fingerprint density at radius 2 is 2.00 bits per heavy atom. The van der Waals surface area contributed by atoms with E-state index < -0.39 is 0 Å². The van der Waals surface area contributed by atoms with Crippen LogP contribution in [0.25, 0.3) is 0 Å². The molecular formula is C15H22O. The minimum Gasteiger partial charge on any atom is -0.388 e. The topological polar surface area (TPSA) is 20.2 Å². The molecule has 1 aliphatic rings. The molecule has 1 N–H and O–H groups in total. The Morgan fingerprint density at radius 1 is 1.31 bits per heavy atom. The molecule has 1 aromatic rings. The van der Waals surface area contributed by atoms with Gasteiger partial charge in [0, 0.05) is 0 Å². The van der Waals surface area contributed by atoms with Gasteiger partial charge in [0.1, 0.15) is 0 Å². The highest BCUT2D eigenvalue weighted by Gasteiger charge is 2.28. The zero-order chi connectivity index (χ0) is 11.5. The molecule has 0 bridgehead atoms. The van der Waals surface area contributed by atoms with Crippen LogP contribution in [0.5, 0.6) is 0 Å². The van der Waals surface area contributed by atoms with Crippen LogP contribution in [0.2, 0.25) is 0 Å². The van der Waals surface area contributed by atoms with Crippen molar-refractivity contribution in [3.8, 4) is 0 Å². The molecule has 1 aromatic carbocycles. The van der Waals surface area contributed by atoms with E-state index in [-0.39, 0.29) is 6.10 Å². The van der Waals surface area contributed by atoms with Gasteiger partial charge in [0.15, 0.2) is 0 Å². The Bertz CT molecular complexity index is 341. The normalized spacial score (nSPS) is 19.4. The fraction of sp³-hybridized carbons (Fsp3) is 0.600. The molecule has 1 fully saturated rings. The molecule has 2 unspecified atom stereocenters. The van der Waals surface area contributed by atoms with E-state index in [0.717, 1.165) is 18.8 Å². The quantitative estimate of drug-likeness (QED) is 0.791. The lowest BCUT2D eigenvalue weighted by atomic mass is 9.89. The van der Waals surface area contributed by atoms with Gasteiger partial charge in [-0.15, -0.1) is 0 Å². The summed E-state index contributed by atoms with van der Waals surface area (Å²) < 4.78 is 0. The monoisotopic (exact) mass is 218 g/mol. The maximum absolute atomic E-state index is 10.4. The predicted molar refractivity (Wildman–Crippen MR) is 67.4 cm³/mol. The molecule has 88 valence electrons. The summed E-state index contributed by atoms with van der Waals surface area (Å²) in [6.45, 7) is 4.33. The lowest BCUT2D eigenvalue weighted by Crippen LogP contribution is -2.11. The van der Waals surface area contributed by atoms with E-state index in [1.165, 1.54) is 24.0 Å². The maximum Gasteiger partial charge on any atom is 0.0818 e. The third kappa shape index (κ3) is 2.46. The molecule has 1 aliphatic carbocycles. The lowest BCUT2D eigenvalue weighted by molar-refractivity contribution is 0.111. The van der Waals surface area contributed by atoms with E-state index in [1.807, 2.05) is 6.07 Å². The first kappa shape index (κ1) is 11.7. The number of hydrogen-bond donors (Lipinski definition) is 1. The summed E-state index contributed by atoms with van der Waals surface area (Å²) in [4.78, 5) is 0. The van der Waals surface area contributed by atoms with Crippen molar-refractivity contribution in [3.63, 3.8) is 0 Å². The highest BCUT2D eigenvalue weighted by molar-refractivity contribution is 5.35. The summed E-state index contributed by atoms with van der Waals surface area (Å²) in [5.74, 6) is 1.09. The Labute approximate surface area is 98.5 Å². The first-order chi connectivity index (χ1) is 7.74. The summed E-state index contributed by atoms with van der Waals surface area (Å²) in [7, 11) is 0. The zero-order valence-corrected chi connectivity index (χ0v) is 10.3. The summed E-state index contributed by atoms with van der Waals surface area (Å²) in [6.07, 6.45) is 4.55. The number of hydrogen-bond acceptors (Lipinski definition) is 1. The van der Waals surface area contributed by atoms with Crippen LogP contribution in [0.1, 0.15) is 62.7 Å². The van der Waals surface area contributed by atoms with E-state index in [4.69, 9.17) is 0 Å². The van der Waals surface area contributed by atoms with Gasteiger partial charge in [-0.3, -0.25) is 0 Å². The van der Waals surface area contributed by atoms with Gasteiger partial charge in [0.25, 0.3) is 0 Å². The largest absolute Gasteiger partial charge is 0.388 e. The van der Waals surface area contributed by atoms with Crippen LogP contribution in [0.4, 0.5) is 0 Å². The van der Waals surface area contributed by atoms with Crippen molar-refractivity contribution in [2.45, 2.75) is 51.6 Å². The van der Waals surface area contributed by atoms with Gasteiger partial charge in [-0.25, -0.2) is 0 Å². The molecule has 2 atom stereocenters. The van der Waals surface area contributed by atoms with Crippen molar-refractivity contribution >= 4 is 0 Å². The SMILES string of the molecule is CCCC(C)C(O)c1ccccc1C1CC1. The minimum atomic E-state index is -0.281. The average Bonchev–Trinajstić information content (AvgIpc) is 3.12. The second kappa shape index (κ2) is 5.01. The summed E-state index contributed by atoms with van der Waals surface area (Å²) in [6, 6.07) is 8.43. The molecule has 1 saturated carbocycles. The van der Waals surface area contributed by atoms with Crippen LogP contribution < -0.4 is 0 Å². The van der Waals surface area contributed by atoms with Crippen molar-refractivity contribution in [3.05, 3.63) is 35.4 Å². The number of aliphatic hydroxyl groups excluding tert-OH is 1. The molecule has 0 saturated heterocycles. The van der Waals surface area contributed by atoms with Crippen LogP contribution in [0.3, 0.4) is 0 Å². The van der Waals surface area contributed by atoms with Gasteiger partial charge in [0.05, 0.1) is 6.10 Å². The van der Waals surface area contributed by atoms with E-state index in [9.17, 15) is 5.11 Å². The van der Waals surface area contributed by atoms with E-state index in [0.29, 0.717) is 5.92 Å². The Balaban J connectivity index is 2.18. The molecule has 0 aromatic heterocycles. The van der Waals surface area contributed by atoms with E-state index in [1.54, 1.807) is 0 Å².